The van der Waals surface area contributed by atoms with E-state index in [1.807, 2.05) is 34.9 Å². The fraction of sp³-hybridized carbons (Fsp3) is 0.176. The van der Waals surface area contributed by atoms with Crippen LogP contribution in [0.3, 0.4) is 0 Å². The Balaban J connectivity index is 1.15. The number of pyridine rings is 3. The summed E-state index contributed by atoms with van der Waals surface area (Å²) in [7, 11) is 0. The highest BCUT2D eigenvalue weighted by atomic mass is 15.2. The Morgan fingerprint density at radius 3 is 2.48 bits per heavy atom. The molecule has 7 rings (SSSR count). The molecule has 0 aliphatic carbocycles. The van der Waals surface area contributed by atoms with Crippen LogP contribution in [0.25, 0.3) is 39.5 Å². The Morgan fingerprint density at radius 2 is 1.70 bits per heavy atom. The van der Waals surface area contributed by atoms with Gasteiger partial charge >= 0.3 is 0 Å². The summed E-state index contributed by atoms with van der Waals surface area (Å²) in [5.41, 5.74) is 12.2. The Morgan fingerprint density at radius 1 is 0.848 bits per heavy atom. The van der Waals surface area contributed by atoms with Crippen LogP contribution < -0.4 is 11.1 Å². The first kappa shape index (κ1) is 28.5. The highest BCUT2D eigenvalue weighted by Crippen LogP contribution is 2.32. The molecule has 0 atom stereocenters. The van der Waals surface area contributed by atoms with Gasteiger partial charge in [0.15, 0.2) is 11.5 Å². The van der Waals surface area contributed by atoms with Crippen molar-refractivity contribution in [2.75, 3.05) is 24.1 Å². The van der Waals surface area contributed by atoms with Crippen molar-refractivity contribution in [3.63, 3.8) is 0 Å². The normalized spacial score (nSPS) is 13.7. The van der Waals surface area contributed by atoms with Gasteiger partial charge in [-0.1, -0.05) is 12.1 Å². The number of nitriles is 2. The predicted octanol–water partition coefficient (Wildman–Crippen LogP) is 4.74. The van der Waals surface area contributed by atoms with E-state index in [9.17, 15) is 5.26 Å². The van der Waals surface area contributed by atoms with Crippen LogP contribution in [-0.2, 0) is 6.54 Å². The molecule has 1 fully saturated rings. The van der Waals surface area contributed by atoms with Crippen LogP contribution in [0.15, 0.2) is 85.5 Å². The Hall–Kier alpha value is -6.24. The standard InChI is InChI=1S/C34H28N12/c35-18-23-9-14-38-20-27(23)28-7-8-29-34(42-28)46(33(43-29)26-2-1-13-40-32(26)37)25-5-3-22(4-6-25)21-45-16-11-24(12-17-45)41-30-10-15-39-31(19-36)44-30/h1-10,13-15,20,24H,11-12,16-17,21H2,(H2,37,40)(H,39,41,44). The summed E-state index contributed by atoms with van der Waals surface area (Å²) in [5, 5.41) is 22.2. The van der Waals surface area contributed by atoms with Crippen molar-refractivity contribution in [2.24, 2.45) is 0 Å². The summed E-state index contributed by atoms with van der Waals surface area (Å²) < 4.78 is 1.99. The van der Waals surface area contributed by atoms with E-state index in [0.29, 0.717) is 57.1 Å². The van der Waals surface area contributed by atoms with Crippen LogP contribution in [0.1, 0.15) is 29.8 Å². The van der Waals surface area contributed by atoms with Crippen molar-refractivity contribution in [3.8, 4) is 40.5 Å². The molecule has 1 aliphatic heterocycles. The summed E-state index contributed by atoms with van der Waals surface area (Å²) in [4.78, 5) is 29.0. The highest BCUT2D eigenvalue weighted by Gasteiger charge is 2.21. The fourth-order valence-corrected chi connectivity index (χ4v) is 5.78. The number of likely N-dealkylation sites (tertiary alicyclic amines) is 1. The molecule has 12 heteroatoms. The zero-order valence-corrected chi connectivity index (χ0v) is 24.7. The molecular weight excluding hydrogens is 576 g/mol. The molecule has 1 aliphatic rings. The van der Waals surface area contributed by atoms with Gasteiger partial charge in [0, 0.05) is 61.7 Å². The molecule has 1 aromatic carbocycles. The first-order valence-corrected chi connectivity index (χ1v) is 14.9. The molecule has 46 heavy (non-hydrogen) atoms. The number of fused-ring (bicyclic) bond motifs is 1. The number of aromatic nitrogens is 7. The van der Waals surface area contributed by atoms with Gasteiger partial charge in [0.2, 0.25) is 5.82 Å². The number of nitrogens with two attached hydrogens (primary N) is 1. The second kappa shape index (κ2) is 12.4. The minimum Gasteiger partial charge on any atom is -0.383 e. The number of nitrogen functional groups attached to an aromatic ring is 1. The van der Waals surface area contributed by atoms with E-state index in [0.717, 1.165) is 38.2 Å². The fourth-order valence-electron chi connectivity index (χ4n) is 5.78. The van der Waals surface area contributed by atoms with Crippen LogP contribution in [0.4, 0.5) is 11.6 Å². The van der Waals surface area contributed by atoms with Gasteiger partial charge in [-0.25, -0.2) is 24.9 Å². The van der Waals surface area contributed by atoms with Crippen LogP contribution in [-0.4, -0.2) is 58.5 Å². The number of piperidine rings is 1. The lowest BCUT2D eigenvalue weighted by Gasteiger charge is -2.32. The highest BCUT2D eigenvalue weighted by molar-refractivity contribution is 5.85. The first-order valence-electron chi connectivity index (χ1n) is 14.9. The zero-order valence-electron chi connectivity index (χ0n) is 24.7. The molecule has 0 spiro atoms. The molecule has 12 nitrogen and oxygen atoms in total. The number of imidazole rings is 1. The van der Waals surface area contributed by atoms with E-state index in [4.69, 9.17) is 21.0 Å². The largest absolute Gasteiger partial charge is 0.383 e. The summed E-state index contributed by atoms with van der Waals surface area (Å²) in [6, 6.07) is 23.9. The van der Waals surface area contributed by atoms with Gasteiger partial charge in [0.25, 0.3) is 0 Å². The zero-order chi connectivity index (χ0) is 31.5. The van der Waals surface area contributed by atoms with Crippen LogP contribution in [0.2, 0.25) is 0 Å². The van der Waals surface area contributed by atoms with Gasteiger partial charge < -0.3 is 11.1 Å². The van der Waals surface area contributed by atoms with Crippen LogP contribution >= 0.6 is 0 Å². The number of benzene rings is 1. The average molecular weight is 605 g/mol. The molecule has 6 heterocycles. The Bertz CT molecular complexity index is 2120. The second-order valence-electron chi connectivity index (χ2n) is 11.0. The maximum absolute atomic E-state index is 9.68. The SMILES string of the molecule is N#Cc1nccc(NC2CCN(Cc3ccc(-n4c(-c5cccnc5N)nc5ccc(-c6cnccc6C#N)nc54)cc3)CC2)n1. The minimum atomic E-state index is 0.170. The third kappa shape index (κ3) is 5.68. The van der Waals surface area contributed by atoms with E-state index >= 15 is 0 Å². The van der Waals surface area contributed by atoms with E-state index in [-0.39, 0.29) is 5.82 Å². The van der Waals surface area contributed by atoms with Gasteiger partial charge in [-0.05, 0) is 66.9 Å². The molecule has 6 aromatic rings. The van der Waals surface area contributed by atoms with Gasteiger partial charge in [-0.3, -0.25) is 14.5 Å². The van der Waals surface area contributed by atoms with Crippen LogP contribution in [0.5, 0.6) is 0 Å². The summed E-state index contributed by atoms with van der Waals surface area (Å²) >= 11 is 0. The number of hydrogen-bond donors (Lipinski definition) is 2. The van der Waals surface area contributed by atoms with Gasteiger partial charge in [0.1, 0.15) is 23.2 Å². The van der Waals surface area contributed by atoms with E-state index in [1.54, 1.807) is 36.9 Å². The van der Waals surface area contributed by atoms with Gasteiger partial charge in [-0.2, -0.15) is 10.5 Å². The van der Waals surface area contributed by atoms with Crippen molar-refractivity contribution in [3.05, 3.63) is 102 Å². The van der Waals surface area contributed by atoms with Crippen LogP contribution in [0, 0.1) is 22.7 Å². The number of nitrogens with zero attached hydrogens (tertiary/aromatic N) is 10. The number of hydrogen-bond acceptors (Lipinski definition) is 11. The molecule has 0 radical (unpaired) electrons. The molecular formula is C34H28N12. The maximum atomic E-state index is 9.68. The smallest absolute Gasteiger partial charge is 0.234 e. The van der Waals surface area contributed by atoms with E-state index in [1.165, 1.54) is 5.56 Å². The molecule has 0 unspecified atom stereocenters. The molecule has 0 amide bonds. The lowest BCUT2D eigenvalue weighted by Crippen LogP contribution is -2.38. The summed E-state index contributed by atoms with van der Waals surface area (Å²) in [6.45, 7) is 2.71. The monoisotopic (exact) mass is 604 g/mol. The Kier molecular flexibility index (Phi) is 7.69. The Labute approximate surface area is 264 Å². The van der Waals surface area contributed by atoms with E-state index < -0.39 is 0 Å². The van der Waals surface area contributed by atoms with Gasteiger partial charge in [0.05, 0.1) is 22.9 Å². The molecule has 5 aromatic heterocycles. The molecule has 0 saturated carbocycles. The predicted molar refractivity (Wildman–Crippen MR) is 173 cm³/mol. The molecule has 224 valence electrons. The minimum absolute atomic E-state index is 0.170. The van der Waals surface area contributed by atoms with E-state index in [2.05, 4.69) is 60.5 Å². The molecule has 1 saturated heterocycles. The lowest BCUT2D eigenvalue weighted by molar-refractivity contribution is 0.211. The summed E-state index contributed by atoms with van der Waals surface area (Å²) in [6.07, 6.45) is 8.46. The van der Waals surface area contributed by atoms with Crippen molar-refractivity contribution in [1.29, 1.82) is 10.5 Å². The topological polar surface area (TPSA) is 171 Å². The van der Waals surface area contributed by atoms with Crippen molar-refractivity contribution in [1.82, 2.24) is 39.4 Å². The quantitative estimate of drug-likeness (QED) is 0.258. The lowest BCUT2D eigenvalue weighted by atomic mass is 10.0. The average Bonchev–Trinajstić information content (AvgIpc) is 3.48. The summed E-state index contributed by atoms with van der Waals surface area (Å²) in [5.74, 6) is 1.86. The maximum Gasteiger partial charge on any atom is 0.234 e. The van der Waals surface area contributed by atoms with Crippen molar-refractivity contribution >= 4 is 22.8 Å². The second-order valence-corrected chi connectivity index (χ2v) is 11.0. The number of rotatable bonds is 7. The van der Waals surface area contributed by atoms with Gasteiger partial charge in [-0.15, -0.1) is 0 Å². The van der Waals surface area contributed by atoms with Crippen molar-refractivity contribution in [2.45, 2.75) is 25.4 Å². The number of anilines is 2. The molecule has 3 N–H and O–H groups in total. The first-order chi connectivity index (χ1) is 22.6. The number of nitrogens with one attached hydrogen (secondary N) is 1. The third-order valence-corrected chi connectivity index (χ3v) is 8.10. The molecule has 0 bridgehead atoms. The third-order valence-electron chi connectivity index (χ3n) is 8.10. The van der Waals surface area contributed by atoms with Crippen molar-refractivity contribution < 1.29 is 0 Å².